The lowest BCUT2D eigenvalue weighted by Gasteiger charge is -2.08. The Kier molecular flexibility index (Phi) is 3.85. The Morgan fingerprint density at radius 3 is 2.45 bits per heavy atom. The number of carbonyl (C=O) groups is 1. The van der Waals surface area contributed by atoms with Crippen molar-refractivity contribution in [2.75, 3.05) is 10.6 Å². The number of fused-ring (bicyclic) bond motifs is 1. The van der Waals surface area contributed by atoms with E-state index in [0.717, 1.165) is 27.0 Å². The summed E-state index contributed by atoms with van der Waals surface area (Å²) < 4.78 is 2.98. The van der Waals surface area contributed by atoms with E-state index in [2.05, 4.69) is 31.5 Å². The van der Waals surface area contributed by atoms with Gasteiger partial charge in [-0.15, -0.1) is 0 Å². The van der Waals surface area contributed by atoms with Crippen LogP contribution in [0.25, 0.3) is 11.0 Å². The topological polar surface area (TPSA) is 59.0 Å². The van der Waals surface area contributed by atoms with Crippen LogP contribution in [0, 0.1) is 6.92 Å². The van der Waals surface area contributed by atoms with Gasteiger partial charge < -0.3 is 15.2 Å². The van der Waals surface area contributed by atoms with E-state index in [9.17, 15) is 4.79 Å². The number of nitrogens with one attached hydrogen (secondary N) is 2. The van der Waals surface area contributed by atoms with Crippen LogP contribution in [0.15, 0.2) is 46.9 Å². The van der Waals surface area contributed by atoms with Crippen molar-refractivity contribution >= 4 is 44.4 Å². The van der Waals surface area contributed by atoms with E-state index in [1.165, 1.54) is 0 Å². The minimum atomic E-state index is -0.283. The lowest BCUT2D eigenvalue weighted by molar-refractivity contribution is 0.262. The molecule has 22 heavy (non-hydrogen) atoms. The van der Waals surface area contributed by atoms with Gasteiger partial charge in [0.15, 0.2) is 0 Å². The number of urea groups is 1. The molecule has 0 fully saturated rings. The number of hydrogen-bond donors (Lipinski definition) is 2. The van der Waals surface area contributed by atoms with Crippen molar-refractivity contribution in [2.45, 2.75) is 6.92 Å². The van der Waals surface area contributed by atoms with E-state index in [-0.39, 0.29) is 6.03 Å². The molecule has 2 amide bonds. The normalized spacial score (nSPS) is 10.7. The van der Waals surface area contributed by atoms with Crippen LogP contribution in [0.1, 0.15) is 5.82 Å². The van der Waals surface area contributed by atoms with Crippen LogP contribution in [0.5, 0.6) is 0 Å². The number of imidazole rings is 1. The predicted octanol–water partition coefficient (Wildman–Crippen LogP) is 4.29. The molecule has 0 aliphatic rings. The molecule has 5 nitrogen and oxygen atoms in total. The largest absolute Gasteiger partial charge is 0.331 e. The van der Waals surface area contributed by atoms with Crippen LogP contribution in [0.4, 0.5) is 16.2 Å². The van der Waals surface area contributed by atoms with E-state index >= 15 is 0 Å². The lowest BCUT2D eigenvalue weighted by Crippen LogP contribution is -2.19. The van der Waals surface area contributed by atoms with E-state index in [0.29, 0.717) is 5.69 Å². The molecule has 6 heteroatoms. The third kappa shape index (κ3) is 2.96. The average Bonchev–Trinajstić information content (AvgIpc) is 2.76. The molecule has 0 saturated heterocycles. The van der Waals surface area contributed by atoms with Crippen molar-refractivity contribution in [3.63, 3.8) is 0 Å². The van der Waals surface area contributed by atoms with Crippen LogP contribution in [0.3, 0.4) is 0 Å². The number of rotatable bonds is 2. The zero-order chi connectivity index (χ0) is 15.7. The minimum absolute atomic E-state index is 0.283. The number of anilines is 2. The van der Waals surface area contributed by atoms with E-state index in [4.69, 9.17) is 0 Å². The Morgan fingerprint density at radius 1 is 1.09 bits per heavy atom. The van der Waals surface area contributed by atoms with Crippen LogP contribution in [-0.2, 0) is 7.05 Å². The van der Waals surface area contributed by atoms with Gasteiger partial charge in [0.2, 0.25) is 0 Å². The highest BCUT2D eigenvalue weighted by Gasteiger charge is 2.07. The number of carbonyl (C=O) groups excluding carboxylic acids is 1. The molecule has 0 unspecified atom stereocenters. The van der Waals surface area contributed by atoms with Crippen LogP contribution >= 0.6 is 15.9 Å². The fourth-order valence-corrected chi connectivity index (χ4v) is 2.49. The maximum atomic E-state index is 12.0. The fraction of sp³-hybridized carbons (Fsp3) is 0.125. The summed E-state index contributed by atoms with van der Waals surface area (Å²) >= 11 is 3.36. The van der Waals surface area contributed by atoms with Gasteiger partial charge in [0.25, 0.3) is 0 Å². The molecule has 0 spiro atoms. The standard InChI is InChI=1S/C16H15BrN4O/c1-10-18-14-9-13(7-8-15(14)21(10)2)20-16(22)19-12-5-3-11(17)4-6-12/h3-9H,1-2H3,(H2,19,20,22). The number of hydrogen-bond acceptors (Lipinski definition) is 2. The Balaban J connectivity index is 1.74. The second kappa shape index (κ2) is 5.81. The summed E-state index contributed by atoms with van der Waals surface area (Å²) in [4.78, 5) is 16.5. The molecule has 0 aliphatic carbocycles. The summed E-state index contributed by atoms with van der Waals surface area (Å²) in [5.74, 6) is 0.937. The Labute approximate surface area is 136 Å². The van der Waals surface area contributed by atoms with Gasteiger partial charge in [0, 0.05) is 22.9 Å². The van der Waals surface area contributed by atoms with Crippen molar-refractivity contribution < 1.29 is 4.79 Å². The summed E-state index contributed by atoms with van der Waals surface area (Å²) in [6.07, 6.45) is 0. The fourth-order valence-electron chi connectivity index (χ4n) is 2.22. The smallest absolute Gasteiger partial charge is 0.323 e. The molecule has 1 heterocycles. The highest BCUT2D eigenvalue weighted by Crippen LogP contribution is 2.20. The van der Waals surface area contributed by atoms with Crippen LogP contribution in [-0.4, -0.2) is 15.6 Å². The average molecular weight is 359 g/mol. The second-order valence-corrected chi connectivity index (χ2v) is 5.92. The highest BCUT2D eigenvalue weighted by atomic mass is 79.9. The number of aromatic nitrogens is 2. The third-order valence-corrected chi connectivity index (χ3v) is 3.99. The first-order valence-corrected chi connectivity index (χ1v) is 7.59. The second-order valence-electron chi connectivity index (χ2n) is 5.01. The van der Waals surface area contributed by atoms with Gasteiger partial charge in [0.05, 0.1) is 11.0 Å². The van der Waals surface area contributed by atoms with E-state index in [1.54, 1.807) is 0 Å². The summed E-state index contributed by atoms with van der Waals surface area (Å²) in [5.41, 5.74) is 3.34. The molecule has 3 rings (SSSR count). The first kappa shape index (κ1) is 14.6. The highest BCUT2D eigenvalue weighted by molar-refractivity contribution is 9.10. The molecule has 2 N–H and O–H groups in total. The van der Waals surface area contributed by atoms with Crippen LogP contribution < -0.4 is 10.6 Å². The van der Waals surface area contributed by atoms with Crippen molar-refractivity contribution in [2.24, 2.45) is 7.05 Å². The molecule has 112 valence electrons. The van der Waals surface area contributed by atoms with Crippen molar-refractivity contribution in [3.05, 3.63) is 52.8 Å². The van der Waals surface area contributed by atoms with Gasteiger partial charge in [0.1, 0.15) is 5.82 Å². The van der Waals surface area contributed by atoms with E-state index in [1.807, 2.05) is 61.0 Å². The molecule has 3 aromatic rings. The number of aryl methyl sites for hydroxylation is 2. The lowest BCUT2D eigenvalue weighted by atomic mass is 10.2. The monoisotopic (exact) mass is 358 g/mol. The molecule has 0 atom stereocenters. The first-order chi connectivity index (χ1) is 10.5. The molecule has 0 aliphatic heterocycles. The number of nitrogens with zero attached hydrogens (tertiary/aromatic N) is 2. The van der Waals surface area contributed by atoms with Gasteiger partial charge in [-0.1, -0.05) is 15.9 Å². The number of halogens is 1. The number of amides is 2. The summed E-state index contributed by atoms with van der Waals surface area (Å²) in [5, 5.41) is 5.60. The van der Waals surface area contributed by atoms with Gasteiger partial charge in [-0.2, -0.15) is 0 Å². The van der Waals surface area contributed by atoms with E-state index < -0.39 is 0 Å². The molecule has 0 radical (unpaired) electrons. The zero-order valence-corrected chi connectivity index (χ0v) is 13.8. The maximum absolute atomic E-state index is 12.0. The molecular formula is C16H15BrN4O. The van der Waals surface area contributed by atoms with Gasteiger partial charge in [-0.3, -0.25) is 0 Å². The molecule has 0 bridgehead atoms. The first-order valence-electron chi connectivity index (χ1n) is 6.79. The Hall–Kier alpha value is -2.34. The molecular weight excluding hydrogens is 344 g/mol. The van der Waals surface area contributed by atoms with Crippen LogP contribution in [0.2, 0.25) is 0 Å². The quantitative estimate of drug-likeness (QED) is 0.717. The molecule has 2 aromatic carbocycles. The van der Waals surface area contributed by atoms with Crippen molar-refractivity contribution in [1.29, 1.82) is 0 Å². The molecule has 1 aromatic heterocycles. The van der Waals surface area contributed by atoms with Gasteiger partial charge in [-0.05, 0) is 49.4 Å². The SMILES string of the molecule is Cc1nc2cc(NC(=O)Nc3ccc(Br)cc3)ccc2n1C. The van der Waals surface area contributed by atoms with Gasteiger partial charge >= 0.3 is 6.03 Å². The molecule has 0 saturated carbocycles. The minimum Gasteiger partial charge on any atom is -0.331 e. The van der Waals surface area contributed by atoms with Crippen molar-refractivity contribution in [1.82, 2.24) is 9.55 Å². The van der Waals surface area contributed by atoms with Gasteiger partial charge in [-0.25, -0.2) is 9.78 Å². The Bertz CT molecular complexity index is 839. The maximum Gasteiger partial charge on any atom is 0.323 e. The predicted molar refractivity (Wildman–Crippen MR) is 92.2 cm³/mol. The Morgan fingerprint density at radius 2 is 1.73 bits per heavy atom. The number of benzene rings is 2. The van der Waals surface area contributed by atoms with Crippen molar-refractivity contribution in [3.8, 4) is 0 Å². The zero-order valence-electron chi connectivity index (χ0n) is 12.2. The summed E-state index contributed by atoms with van der Waals surface area (Å²) in [6, 6.07) is 12.8. The third-order valence-electron chi connectivity index (χ3n) is 3.46. The summed E-state index contributed by atoms with van der Waals surface area (Å²) in [6.45, 7) is 1.95. The summed E-state index contributed by atoms with van der Waals surface area (Å²) in [7, 11) is 1.97.